The summed E-state index contributed by atoms with van der Waals surface area (Å²) in [6.07, 6.45) is 2.04. The lowest BCUT2D eigenvalue weighted by molar-refractivity contribution is -0.102. The first kappa shape index (κ1) is 16.9. The number of aliphatic hydroxyl groups excluding tert-OH is 1. The summed E-state index contributed by atoms with van der Waals surface area (Å²) in [6.45, 7) is 1.90. The maximum absolute atomic E-state index is 10.5. The Hall–Kier alpha value is -2.50. The number of benzene rings is 2. The molecule has 0 aliphatic rings. The first-order valence-electron chi connectivity index (χ1n) is 7.25. The lowest BCUT2D eigenvalue weighted by atomic mass is 10.1. The van der Waals surface area contributed by atoms with Crippen molar-refractivity contribution in [3.63, 3.8) is 0 Å². The zero-order valence-corrected chi connectivity index (χ0v) is 12.9. The van der Waals surface area contributed by atoms with Gasteiger partial charge >= 0.3 is 0 Å². The van der Waals surface area contributed by atoms with Crippen molar-refractivity contribution < 1.29 is 19.5 Å². The monoisotopic (exact) mass is 313 g/mol. The van der Waals surface area contributed by atoms with Gasteiger partial charge in [-0.1, -0.05) is 41.6 Å². The molecule has 2 rings (SSSR count). The third-order valence-electron chi connectivity index (χ3n) is 3.12. The predicted molar refractivity (Wildman–Crippen MR) is 89.0 cm³/mol. The number of fused-ring (bicyclic) bond motifs is 1. The van der Waals surface area contributed by atoms with Crippen molar-refractivity contribution in [2.75, 3.05) is 13.2 Å². The Morgan fingerprint density at radius 2 is 2.00 bits per heavy atom. The number of carbonyl (C=O) groups is 1. The molecule has 2 aromatic carbocycles. The number of aliphatic hydroxyl groups is 1. The minimum atomic E-state index is -0.190. The summed E-state index contributed by atoms with van der Waals surface area (Å²) in [5.74, 6) is 0.356. The van der Waals surface area contributed by atoms with Gasteiger partial charge in [0.1, 0.15) is 12.3 Å². The normalized spacial score (nSPS) is 12.4. The van der Waals surface area contributed by atoms with E-state index in [9.17, 15) is 4.79 Å². The van der Waals surface area contributed by atoms with Crippen LogP contribution < -0.4 is 0 Å². The minimum Gasteiger partial charge on any atom is -0.392 e. The molecule has 0 atom stereocenters. The zero-order valence-electron chi connectivity index (χ0n) is 12.9. The summed E-state index contributed by atoms with van der Waals surface area (Å²) in [5.41, 5.74) is 1.25. The summed E-state index contributed by atoms with van der Waals surface area (Å²) < 4.78 is 5.59. The molecular formula is C18H19NO4. The van der Waals surface area contributed by atoms with Crippen LogP contribution in [0.4, 0.5) is 0 Å². The van der Waals surface area contributed by atoms with Crippen molar-refractivity contribution in [1.29, 1.82) is 0 Å². The maximum Gasteiger partial charge on any atom is 0.167 e. The lowest BCUT2D eigenvalue weighted by Gasteiger charge is -2.08. The van der Waals surface area contributed by atoms with Crippen LogP contribution in [-0.2, 0) is 21.0 Å². The summed E-state index contributed by atoms with van der Waals surface area (Å²) in [6, 6.07) is 14.2. The highest BCUT2D eigenvalue weighted by molar-refractivity contribution is 6.26. The molecule has 5 nitrogen and oxygen atoms in total. The molecule has 0 heterocycles. The van der Waals surface area contributed by atoms with Gasteiger partial charge in [0.05, 0.1) is 13.2 Å². The fourth-order valence-corrected chi connectivity index (χ4v) is 1.97. The van der Waals surface area contributed by atoms with Crippen LogP contribution in [0.15, 0.2) is 59.5 Å². The quantitative estimate of drug-likeness (QED) is 0.352. The Morgan fingerprint density at radius 3 is 2.74 bits per heavy atom. The highest BCUT2D eigenvalue weighted by atomic mass is 16.6. The largest absolute Gasteiger partial charge is 0.392 e. The van der Waals surface area contributed by atoms with Gasteiger partial charge in [-0.25, -0.2) is 0 Å². The number of oxime groups is 1. The molecule has 0 saturated carbocycles. The topological polar surface area (TPSA) is 68.1 Å². The first-order chi connectivity index (χ1) is 11.2. The van der Waals surface area contributed by atoms with Crippen LogP contribution in [0.5, 0.6) is 0 Å². The second kappa shape index (κ2) is 8.82. The molecule has 0 radical (unpaired) electrons. The Kier molecular flexibility index (Phi) is 6.47. The Balaban J connectivity index is 1.92. The van der Waals surface area contributed by atoms with E-state index in [4.69, 9.17) is 14.7 Å². The molecule has 0 spiro atoms. The van der Waals surface area contributed by atoms with Crippen molar-refractivity contribution in [2.24, 2.45) is 5.16 Å². The van der Waals surface area contributed by atoms with Gasteiger partial charge in [-0.3, -0.25) is 4.79 Å². The molecular weight excluding hydrogens is 294 g/mol. The third kappa shape index (κ3) is 5.32. The van der Waals surface area contributed by atoms with E-state index >= 15 is 0 Å². The minimum absolute atomic E-state index is 0.156. The van der Waals surface area contributed by atoms with Crippen molar-refractivity contribution in [2.45, 2.75) is 13.5 Å². The zero-order chi connectivity index (χ0) is 16.5. The smallest absolute Gasteiger partial charge is 0.167 e. The van der Waals surface area contributed by atoms with Gasteiger partial charge in [0.2, 0.25) is 0 Å². The molecule has 1 N–H and O–H groups in total. The maximum atomic E-state index is 10.5. The van der Waals surface area contributed by atoms with Crippen molar-refractivity contribution in [3.8, 4) is 0 Å². The van der Waals surface area contributed by atoms with Crippen molar-refractivity contribution in [1.82, 2.24) is 0 Å². The highest BCUT2D eigenvalue weighted by Gasteiger charge is 2.02. The van der Waals surface area contributed by atoms with E-state index in [1.54, 1.807) is 0 Å². The number of aldehydes is 1. The van der Waals surface area contributed by atoms with E-state index in [-0.39, 0.29) is 18.9 Å². The number of hydrogen-bond donors (Lipinski definition) is 1. The fourth-order valence-electron chi connectivity index (χ4n) is 1.97. The molecule has 120 valence electrons. The van der Waals surface area contributed by atoms with Crippen LogP contribution in [0.1, 0.15) is 12.5 Å². The summed E-state index contributed by atoms with van der Waals surface area (Å²) >= 11 is 0. The van der Waals surface area contributed by atoms with Gasteiger partial charge in [-0.05, 0) is 35.4 Å². The van der Waals surface area contributed by atoms with Crippen LogP contribution in [-0.4, -0.2) is 30.3 Å². The Bertz CT molecular complexity index is 722. The van der Waals surface area contributed by atoms with Crippen molar-refractivity contribution in [3.05, 3.63) is 59.9 Å². The SMILES string of the molecule is C/C(C=O)=N\O/C(=C/CO)COCc1ccc2ccccc2c1. The van der Waals surface area contributed by atoms with Gasteiger partial charge in [0, 0.05) is 0 Å². The number of ether oxygens (including phenoxy) is 1. The fraction of sp³-hybridized carbons (Fsp3) is 0.222. The van der Waals surface area contributed by atoms with E-state index in [0.717, 1.165) is 10.9 Å². The Labute approximate surface area is 134 Å². The molecule has 23 heavy (non-hydrogen) atoms. The first-order valence-corrected chi connectivity index (χ1v) is 7.25. The molecule has 0 bridgehead atoms. The van der Waals surface area contributed by atoms with E-state index in [0.29, 0.717) is 18.7 Å². The molecule has 5 heteroatoms. The summed E-state index contributed by atoms with van der Waals surface area (Å²) in [7, 11) is 0. The van der Waals surface area contributed by atoms with Gasteiger partial charge in [0.15, 0.2) is 12.0 Å². The van der Waals surface area contributed by atoms with E-state index in [1.165, 1.54) is 18.4 Å². The average Bonchev–Trinajstić information content (AvgIpc) is 2.59. The molecule has 0 fully saturated rings. The van der Waals surface area contributed by atoms with Crippen molar-refractivity contribution >= 4 is 22.8 Å². The summed E-state index contributed by atoms with van der Waals surface area (Å²) in [5, 5.41) is 14.9. The second-order valence-corrected chi connectivity index (χ2v) is 4.97. The van der Waals surface area contributed by atoms with Crippen LogP contribution in [0.2, 0.25) is 0 Å². The molecule has 0 saturated heterocycles. The van der Waals surface area contributed by atoms with E-state index in [1.807, 2.05) is 24.3 Å². The number of hydrogen-bond acceptors (Lipinski definition) is 5. The van der Waals surface area contributed by atoms with E-state index < -0.39 is 0 Å². The standard InChI is InChI=1S/C18H19NO4/c1-14(11-21)19-23-18(8-9-20)13-22-12-15-6-7-16-4-2-3-5-17(16)10-15/h2-8,10-11,20H,9,12-13H2,1H3/b18-8+,19-14+. The average molecular weight is 313 g/mol. The van der Waals surface area contributed by atoms with Crippen LogP contribution in [0.3, 0.4) is 0 Å². The number of rotatable bonds is 8. The van der Waals surface area contributed by atoms with Crippen LogP contribution >= 0.6 is 0 Å². The second-order valence-electron chi connectivity index (χ2n) is 4.97. The van der Waals surface area contributed by atoms with Crippen LogP contribution in [0, 0.1) is 0 Å². The molecule has 0 aliphatic carbocycles. The predicted octanol–water partition coefficient (Wildman–Crippen LogP) is 2.82. The molecule has 0 aliphatic heterocycles. The molecule has 0 unspecified atom stereocenters. The highest BCUT2D eigenvalue weighted by Crippen LogP contribution is 2.16. The molecule has 0 amide bonds. The third-order valence-corrected chi connectivity index (χ3v) is 3.12. The van der Waals surface area contributed by atoms with Gasteiger partial charge in [-0.15, -0.1) is 0 Å². The lowest BCUT2D eigenvalue weighted by Crippen LogP contribution is -2.03. The molecule has 2 aromatic rings. The van der Waals surface area contributed by atoms with Gasteiger partial charge in [-0.2, -0.15) is 0 Å². The van der Waals surface area contributed by atoms with Crippen LogP contribution in [0.25, 0.3) is 10.8 Å². The number of carbonyl (C=O) groups excluding carboxylic acids is 1. The Morgan fingerprint density at radius 1 is 1.22 bits per heavy atom. The van der Waals surface area contributed by atoms with Gasteiger partial charge < -0.3 is 14.7 Å². The summed E-state index contributed by atoms with van der Waals surface area (Å²) in [4.78, 5) is 15.5. The van der Waals surface area contributed by atoms with E-state index in [2.05, 4.69) is 23.4 Å². The van der Waals surface area contributed by atoms with Gasteiger partial charge in [0.25, 0.3) is 0 Å². The molecule has 0 aromatic heterocycles. The number of nitrogens with zero attached hydrogens (tertiary/aromatic N) is 1.